The second-order valence-corrected chi connectivity index (χ2v) is 7.14. The first-order chi connectivity index (χ1) is 15.7. The first kappa shape index (κ1) is 22.9. The van der Waals surface area contributed by atoms with Crippen LogP contribution in [0, 0.1) is 0 Å². The van der Waals surface area contributed by atoms with E-state index in [2.05, 4.69) is 31.0 Å². The number of hydrazone groups is 2. The molecule has 4 rings (SSSR count). The summed E-state index contributed by atoms with van der Waals surface area (Å²) < 4.78 is 0. The minimum absolute atomic E-state index is 0.708. The van der Waals surface area contributed by atoms with Crippen molar-refractivity contribution in [2.45, 2.75) is 0 Å². The lowest BCUT2D eigenvalue weighted by molar-refractivity contribution is 1.28. The van der Waals surface area contributed by atoms with Gasteiger partial charge < -0.3 is 0 Å². The number of hydrogen-bond donors (Lipinski definition) is 2. The van der Waals surface area contributed by atoms with E-state index in [1.54, 1.807) is 49.1 Å². The molecule has 0 fully saturated rings. The van der Waals surface area contributed by atoms with Crippen LogP contribution < -0.4 is 10.9 Å². The molecule has 2 aromatic carbocycles. The van der Waals surface area contributed by atoms with E-state index in [9.17, 15) is 0 Å². The number of aromatic nitrogens is 2. The number of rotatable bonds is 6. The van der Waals surface area contributed by atoms with Crippen molar-refractivity contribution >= 4 is 47.0 Å². The van der Waals surface area contributed by atoms with E-state index in [4.69, 9.17) is 23.2 Å². The lowest BCUT2D eigenvalue weighted by Crippen LogP contribution is -1.91. The Morgan fingerprint density at radius 3 is 1.31 bits per heavy atom. The Labute approximate surface area is 196 Å². The van der Waals surface area contributed by atoms with Crippen LogP contribution in [0.15, 0.2) is 108 Å². The zero-order chi connectivity index (χ0) is 22.4. The maximum absolute atomic E-state index is 5.77. The molecule has 6 nitrogen and oxygen atoms in total. The average molecular weight is 463 g/mol. The minimum atomic E-state index is 0.708. The van der Waals surface area contributed by atoms with Crippen LogP contribution in [-0.4, -0.2) is 22.4 Å². The molecular weight excluding hydrogens is 443 g/mol. The molecule has 0 aliphatic rings. The predicted octanol–water partition coefficient (Wildman–Crippen LogP) is 6.36. The van der Waals surface area contributed by atoms with Gasteiger partial charge in [0.05, 0.1) is 35.2 Å². The van der Waals surface area contributed by atoms with Gasteiger partial charge in [0.2, 0.25) is 0 Å². The summed E-state index contributed by atoms with van der Waals surface area (Å²) in [5.74, 6) is 0. The Balaban J connectivity index is 0.000000181. The molecule has 8 heteroatoms. The maximum Gasteiger partial charge on any atom is 0.0830 e. The van der Waals surface area contributed by atoms with Crippen LogP contribution in [0.25, 0.3) is 0 Å². The van der Waals surface area contributed by atoms with Gasteiger partial charge in [0.25, 0.3) is 0 Å². The summed E-state index contributed by atoms with van der Waals surface area (Å²) in [6.45, 7) is 0. The second kappa shape index (κ2) is 12.8. The van der Waals surface area contributed by atoms with Crippen LogP contribution >= 0.6 is 23.2 Å². The van der Waals surface area contributed by atoms with Gasteiger partial charge in [-0.05, 0) is 72.8 Å². The number of nitrogens with one attached hydrogen (secondary N) is 2. The number of nitrogens with zero attached hydrogens (tertiary/aromatic N) is 4. The monoisotopic (exact) mass is 462 g/mol. The smallest absolute Gasteiger partial charge is 0.0830 e. The van der Waals surface area contributed by atoms with Crippen molar-refractivity contribution in [3.8, 4) is 0 Å². The first-order valence-electron chi connectivity index (χ1n) is 9.60. The molecule has 0 aliphatic carbocycles. The SMILES string of the molecule is Clc1ccc(N/N=C/c2ccccn2)cc1.Clc1ccc(N/N=C/c2ccccn2)cc1. The lowest BCUT2D eigenvalue weighted by atomic mass is 10.3. The molecule has 0 spiro atoms. The zero-order valence-corrected chi connectivity index (χ0v) is 18.4. The summed E-state index contributed by atoms with van der Waals surface area (Å²) >= 11 is 11.5. The number of benzene rings is 2. The van der Waals surface area contributed by atoms with Crippen molar-refractivity contribution in [3.05, 3.63) is 119 Å². The van der Waals surface area contributed by atoms with E-state index in [-0.39, 0.29) is 0 Å². The van der Waals surface area contributed by atoms with E-state index in [1.165, 1.54) is 0 Å². The van der Waals surface area contributed by atoms with Crippen LogP contribution in [-0.2, 0) is 0 Å². The molecule has 2 heterocycles. The summed E-state index contributed by atoms with van der Waals surface area (Å²) in [5, 5.41) is 9.54. The molecule has 0 saturated carbocycles. The Morgan fingerprint density at radius 2 is 0.969 bits per heavy atom. The van der Waals surface area contributed by atoms with E-state index >= 15 is 0 Å². The van der Waals surface area contributed by atoms with Crippen LogP contribution in [0.1, 0.15) is 11.4 Å². The van der Waals surface area contributed by atoms with E-state index in [0.717, 1.165) is 22.8 Å². The summed E-state index contributed by atoms with van der Waals surface area (Å²) in [5.41, 5.74) is 9.17. The van der Waals surface area contributed by atoms with Crippen LogP contribution in [0.4, 0.5) is 11.4 Å². The summed E-state index contributed by atoms with van der Waals surface area (Å²) in [6, 6.07) is 26.0. The highest BCUT2D eigenvalue weighted by Crippen LogP contribution is 2.13. The number of pyridine rings is 2. The average Bonchev–Trinajstić information content (AvgIpc) is 2.84. The third kappa shape index (κ3) is 8.55. The third-order valence-corrected chi connectivity index (χ3v) is 4.35. The maximum atomic E-state index is 5.77. The van der Waals surface area contributed by atoms with Gasteiger partial charge in [-0.1, -0.05) is 35.3 Å². The fourth-order valence-corrected chi connectivity index (χ4v) is 2.55. The molecule has 160 valence electrons. The Hall–Kier alpha value is -3.74. The molecule has 2 aromatic heterocycles. The number of hydrogen-bond acceptors (Lipinski definition) is 6. The second-order valence-electron chi connectivity index (χ2n) is 6.26. The molecule has 4 aromatic rings. The fourth-order valence-electron chi connectivity index (χ4n) is 2.30. The van der Waals surface area contributed by atoms with Crippen LogP contribution in [0.5, 0.6) is 0 Å². The zero-order valence-electron chi connectivity index (χ0n) is 16.9. The van der Waals surface area contributed by atoms with Gasteiger partial charge >= 0.3 is 0 Å². The summed E-state index contributed by atoms with van der Waals surface area (Å²) in [6.07, 6.45) is 6.77. The van der Waals surface area contributed by atoms with E-state index < -0.39 is 0 Å². The van der Waals surface area contributed by atoms with Gasteiger partial charge in [0, 0.05) is 22.4 Å². The largest absolute Gasteiger partial charge is 0.278 e. The topological polar surface area (TPSA) is 74.6 Å². The molecule has 0 amide bonds. The van der Waals surface area contributed by atoms with Gasteiger partial charge in [-0.25, -0.2) is 0 Å². The molecular formula is C24H20Cl2N6. The molecule has 0 atom stereocenters. The standard InChI is InChI=1S/2C12H10ClN3/c2*13-10-4-6-11(7-5-10)16-15-9-12-3-1-2-8-14-12/h2*1-9,16H/b2*15-9+. The first-order valence-corrected chi connectivity index (χ1v) is 10.4. The molecule has 0 bridgehead atoms. The molecule has 0 unspecified atom stereocenters. The molecule has 0 radical (unpaired) electrons. The number of halogens is 2. The van der Waals surface area contributed by atoms with Gasteiger partial charge in [-0.3, -0.25) is 20.8 Å². The minimum Gasteiger partial charge on any atom is -0.278 e. The fraction of sp³-hybridized carbons (Fsp3) is 0. The molecule has 32 heavy (non-hydrogen) atoms. The van der Waals surface area contributed by atoms with Gasteiger partial charge in [-0.15, -0.1) is 0 Å². The Bertz CT molecular complexity index is 1020. The molecule has 2 N–H and O–H groups in total. The van der Waals surface area contributed by atoms with Crippen LogP contribution in [0.3, 0.4) is 0 Å². The van der Waals surface area contributed by atoms with Crippen LogP contribution in [0.2, 0.25) is 10.0 Å². The van der Waals surface area contributed by atoms with Gasteiger partial charge in [0.1, 0.15) is 0 Å². The Morgan fingerprint density at radius 1 is 0.562 bits per heavy atom. The summed E-state index contributed by atoms with van der Waals surface area (Å²) in [4.78, 5) is 8.23. The normalized spacial score (nSPS) is 10.6. The predicted molar refractivity (Wildman–Crippen MR) is 134 cm³/mol. The molecule has 0 aliphatic heterocycles. The van der Waals surface area contributed by atoms with Crippen molar-refractivity contribution in [2.24, 2.45) is 10.2 Å². The highest BCUT2D eigenvalue weighted by Gasteiger charge is 1.91. The summed E-state index contributed by atoms with van der Waals surface area (Å²) in [7, 11) is 0. The van der Waals surface area contributed by atoms with Gasteiger partial charge in [-0.2, -0.15) is 10.2 Å². The van der Waals surface area contributed by atoms with Crippen molar-refractivity contribution in [2.75, 3.05) is 10.9 Å². The van der Waals surface area contributed by atoms with E-state index in [0.29, 0.717) is 10.0 Å². The number of anilines is 2. The highest BCUT2D eigenvalue weighted by atomic mass is 35.5. The molecule has 0 saturated heterocycles. The van der Waals surface area contributed by atoms with Crippen molar-refractivity contribution in [3.63, 3.8) is 0 Å². The quantitative estimate of drug-likeness (QED) is 0.258. The third-order valence-electron chi connectivity index (χ3n) is 3.84. The Kier molecular flexibility index (Phi) is 9.20. The van der Waals surface area contributed by atoms with Crippen molar-refractivity contribution in [1.82, 2.24) is 9.97 Å². The highest BCUT2D eigenvalue weighted by molar-refractivity contribution is 6.30. The van der Waals surface area contributed by atoms with Crippen molar-refractivity contribution < 1.29 is 0 Å². The van der Waals surface area contributed by atoms with E-state index in [1.807, 2.05) is 60.7 Å². The lowest BCUT2D eigenvalue weighted by Gasteiger charge is -1.98. The van der Waals surface area contributed by atoms with Gasteiger partial charge in [0.15, 0.2) is 0 Å². The van der Waals surface area contributed by atoms with Crippen molar-refractivity contribution in [1.29, 1.82) is 0 Å².